The quantitative estimate of drug-likeness (QED) is 0.136. The van der Waals surface area contributed by atoms with Crippen LogP contribution < -0.4 is 4.72 Å². The van der Waals surface area contributed by atoms with E-state index in [0.717, 1.165) is 0 Å². The average Bonchev–Trinajstić information content (AvgIpc) is 2.64. The molecule has 18 nitrogen and oxygen atoms in total. The Hall–Kier alpha value is -1.11. The van der Waals surface area contributed by atoms with Crippen molar-refractivity contribution in [2.24, 2.45) is 0 Å². The zero-order valence-electron chi connectivity index (χ0n) is 15.5. The van der Waals surface area contributed by atoms with Gasteiger partial charge in [-0.05, 0) is 0 Å². The number of hydrogen-bond donors (Lipinski definition) is 9. The number of carbonyl (C=O) groups is 1. The lowest BCUT2D eigenvalue weighted by atomic mass is 9.96. The molecule has 2 heterocycles. The van der Waals surface area contributed by atoms with Crippen molar-refractivity contribution in [1.82, 2.24) is 4.72 Å². The maximum absolute atomic E-state index is 11.2. The van der Waals surface area contributed by atoms with Gasteiger partial charge in [-0.1, -0.05) is 0 Å². The van der Waals surface area contributed by atoms with Gasteiger partial charge in [0.15, 0.2) is 18.7 Å². The first-order chi connectivity index (χ1) is 14.5. The molecule has 10 unspecified atom stereocenters. The number of aliphatic hydroxyl groups excluding tert-OH is 5. The van der Waals surface area contributed by atoms with Crippen molar-refractivity contribution in [1.29, 1.82) is 0 Å². The van der Waals surface area contributed by atoms with Gasteiger partial charge in [0.1, 0.15) is 42.7 Å². The molecule has 0 spiro atoms. The first-order valence-electron chi connectivity index (χ1n) is 8.48. The maximum atomic E-state index is 11.2. The van der Waals surface area contributed by atoms with Gasteiger partial charge in [0.05, 0.1) is 6.61 Å². The standard InChI is InChI=1S/C12H21NO17S2/c14-4-2(1-27-32(24,25)26)28-11(20)3(13-31(21,22)23)8(4)29-12-7(17)5(15)6(16)9(30-12)10(18)19/h2-9,11-17,20H,1H2,(H,18,19)(H,21,22,23)(H,24,25,26). The van der Waals surface area contributed by atoms with E-state index in [1.165, 1.54) is 4.72 Å². The Balaban J connectivity index is 2.32. The van der Waals surface area contributed by atoms with Gasteiger partial charge in [0, 0.05) is 0 Å². The van der Waals surface area contributed by atoms with Crippen LogP contribution in [0.15, 0.2) is 0 Å². The minimum Gasteiger partial charge on any atom is -0.479 e. The molecule has 2 aliphatic rings. The van der Waals surface area contributed by atoms with Gasteiger partial charge in [0.25, 0.3) is 0 Å². The first-order valence-corrected chi connectivity index (χ1v) is 11.3. The summed E-state index contributed by atoms with van der Waals surface area (Å²) in [6.45, 7) is -1.14. The Labute approximate surface area is 179 Å². The highest BCUT2D eigenvalue weighted by atomic mass is 32.3. The molecule has 0 bridgehead atoms. The Kier molecular flexibility index (Phi) is 8.50. The number of carboxylic acid groups (broad SMARTS) is 1. The molecule has 2 saturated heterocycles. The molecule has 20 heteroatoms. The van der Waals surface area contributed by atoms with E-state index < -0.39 is 94.6 Å². The lowest BCUT2D eigenvalue weighted by Gasteiger charge is -2.45. The smallest absolute Gasteiger partial charge is 0.397 e. The molecule has 0 aromatic carbocycles. The van der Waals surface area contributed by atoms with Gasteiger partial charge in [-0.3, -0.25) is 9.11 Å². The number of rotatable bonds is 8. The number of nitrogens with one attached hydrogen (secondary N) is 1. The molecular formula is C12H21NO17S2. The largest absolute Gasteiger partial charge is 0.479 e. The fraction of sp³-hybridized carbons (Fsp3) is 0.917. The monoisotopic (exact) mass is 515 g/mol. The summed E-state index contributed by atoms with van der Waals surface area (Å²) in [5.41, 5.74) is 0. The van der Waals surface area contributed by atoms with E-state index >= 15 is 0 Å². The molecule has 0 aromatic rings. The number of carboxylic acids is 1. The Morgan fingerprint density at radius 1 is 0.906 bits per heavy atom. The van der Waals surface area contributed by atoms with Gasteiger partial charge in [0.2, 0.25) is 0 Å². The molecule has 0 aromatic heterocycles. The van der Waals surface area contributed by atoms with E-state index in [-0.39, 0.29) is 0 Å². The zero-order chi connectivity index (χ0) is 24.6. The van der Waals surface area contributed by atoms with Crippen LogP contribution in [0.25, 0.3) is 0 Å². The Morgan fingerprint density at radius 3 is 2.00 bits per heavy atom. The second kappa shape index (κ2) is 10.0. The highest BCUT2D eigenvalue weighted by Crippen LogP contribution is 2.29. The highest BCUT2D eigenvalue weighted by molar-refractivity contribution is 7.83. The molecule has 32 heavy (non-hydrogen) atoms. The molecule has 188 valence electrons. The molecule has 2 aliphatic heterocycles. The maximum Gasteiger partial charge on any atom is 0.397 e. The summed E-state index contributed by atoms with van der Waals surface area (Å²) in [7, 11) is -10.1. The van der Waals surface area contributed by atoms with E-state index in [0.29, 0.717) is 0 Å². The van der Waals surface area contributed by atoms with Gasteiger partial charge in [-0.15, -0.1) is 0 Å². The molecule has 0 amide bonds. The lowest BCUT2D eigenvalue weighted by Crippen LogP contribution is -2.68. The van der Waals surface area contributed by atoms with Gasteiger partial charge < -0.3 is 44.8 Å². The van der Waals surface area contributed by atoms with Crippen molar-refractivity contribution in [2.45, 2.75) is 61.3 Å². The topological polar surface area (TPSA) is 296 Å². The van der Waals surface area contributed by atoms with E-state index in [2.05, 4.69) is 4.18 Å². The minimum atomic E-state index is -5.10. The molecule has 2 rings (SSSR count). The van der Waals surface area contributed by atoms with Crippen molar-refractivity contribution < 1.29 is 79.8 Å². The van der Waals surface area contributed by atoms with Crippen LogP contribution in [0, 0.1) is 0 Å². The summed E-state index contributed by atoms with van der Waals surface area (Å²) in [6, 6.07) is -2.06. The fourth-order valence-corrected chi connectivity index (χ4v) is 3.90. The summed E-state index contributed by atoms with van der Waals surface area (Å²) in [4.78, 5) is 11.2. The fourth-order valence-electron chi connectivity index (χ4n) is 3.00. The molecule has 0 aliphatic carbocycles. The van der Waals surface area contributed by atoms with E-state index in [1.807, 2.05) is 0 Å². The second-order valence-electron chi connectivity index (χ2n) is 6.72. The SMILES string of the molecule is O=C(O)C1OC(OC2C(O)C(COS(=O)(=O)O)OC(O)C2NS(=O)(=O)O)C(O)C(O)C1O. The number of hydrogen-bond acceptors (Lipinski definition) is 14. The third-order valence-electron chi connectivity index (χ3n) is 4.46. The van der Waals surface area contributed by atoms with Crippen LogP contribution in [0.4, 0.5) is 0 Å². The van der Waals surface area contributed by atoms with Gasteiger partial charge >= 0.3 is 26.7 Å². The van der Waals surface area contributed by atoms with Crippen LogP contribution in [0.5, 0.6) is 0 Å². The Morgan fingerprint density at radius 2 is 1.50 bits per heavy atom. The number of ether oxygens (including phenoxy) is 3. The van der Waals surface area contributed by atoms with Crippen molar-refractivity contribution in [2.75, 3.05) is 6.61 Å². The van der Waals surface area contributed by atoms with Crippen molar-refractivity contribution >= 4 is 26.7 Å². The van der Waals surface area contributed by atoms with Crippen LogP contribution in [-0.4, -0.2) is 131 Å². The van der Waals surface area contributed by atoms with E-state index in [1.54, 1.807) is 0 Å². The summed E-state index contributed by atoms with van der Waals surface area (Å²) in [5.74, 6) is -1.79. The summed E-state index contributed by atoms with van der Waals surface area (Å²) < 4.78 is 81.8. The van der Waals surface area contributed by atoms with Crippen LogP contribution >= 0.6 is 0 Å². The predicted molar refractivity (Wildman–Crippen MR) is 92.0 cm³/mol. The van der Waals surface area contributed by atoms with Crippen molar-refractivity contribution in [3.63, 3.8) is 0 Å². The lowest BCUT2D eigenvalue weighted by molar-refractivity contribution is -0.335. The molecule has 9 N–H and O–H groups in total. The molecule has 2 fully saturated rings. The minimum absolute atomic E-state index is 1.14. The third kappa shape index (κ3) is 6.71. The average molecular weight is 515 g/mol. The number of aliphatic carboxylic acids is 1. The van der Waals surface area contributed by atoms with Gasteiger partial charge in [-0.2, -0.15) is 21.6 Å². The van der Waals surface area contributed by atoms with Gasteiger partial charge in [-0.25, -0.2) is 8.98 Å². The van der Waals surface area contributed by atoms with Crippen molar-refractivity contribution in [3.8, 4) is 0 Å². The molecule has 0 saturated carbocycles. The Bertz CT molecular complexity index is 878. The molecular weight excluding hydrogens is 494 g/mol. The summed E-state index contributed by atoms with van der Waals surface area (Å²) in [6.07, 6.45) is -19.0. The highest BCUT2D eigenvalue weighted by Gasteiger charge is 2.53. The first kappa shape index (κ1) is 27.1. The molecule has 10 atom stereocenters. The van der Waals surface area contributed by atoms with Crippen LogP contribution in [0.1, 0.15) is 0 Å². The van der Waals surface area contributed by atoms with E-state index in [9.17, 15) is 47.2 Å². The second-order valence-corrected chi connectivity index (χ2v) is 9.00. The zero-order valence-corrected chi connectivity index (χ0v) is 17.2. The summed E-state index contributed by atoms with van der Waals surface area (Å²) >= 11 is 0. The summed E-state index contributed by atoms with van der Waals surface area (Å²) in [5, 5.41) is 59.1. The number of aliphatic hydroxyl groups is 5. The normalized spacial score (nSPS) is 41.3. The van der Waals surface area contributed by atoms with Crippen LogP contribution in [0.2, 0.25) is 0 Å². The van der Waals surface area contributed by atoms with E-state index in [4.69, 9.17) is 28.4 Å². The van der Waals surface area contributed by atoms with Crippen LogP contribution in [0.3, 0.4) is 0 Å². The third-order valence-corrected chi connectivity index (χ3v) is 5.47. The predicted octanol–water partition coefficient (Wildman–Crippen LogP) is -6.08. The van der Waals surface area contributed by atoms with Crippen LogP contribution in [-0.2, 0) is 43.9 Å². The van der Waals surface area contributed by atoms with Crippen molar-refractivity contribution in [3.05, 3.63) is 0 Å². The molecule has 0 radical (unpaired) electrons.